The number of ether oxygens (including phenoxy) is 1. The van der Waals surface area contributed by atoms with E-state index in [0.29, 0.717) is 6.04 Å². The summed E-state index contributed by atoms with van der Waals surface area (Å²) in [6, 6.07) is 0.596. The van der Waals surface area contributed by atoms with E-state index in [1.54, 1.807) is 0 Å². The number of hydrogen-bond acceptors (Lipinski definition) is 3. The SMILES string of the molecule is CC(C)CCOCCN1CC(C)NCC1(C)C. The first-order chi connectivity index (χ1) is 7.92. The molecule has 0 bridgehead atoms. The minimum Gasteiger partial charge on any atom is -0.380 e. The summed E-state index contributed by atoms with van der Waals surface area (Å²) in [5.41, 5.74) is 0.258. The number of nitrogens with one attached hydrogen (secondary N) is 1. The molecule has 1 aliphatic rings. The van der Waals surface area contributed by atoms with Gasteiger partial charge in [-0.05, 0) is 33.1 Å². The largest absolute Gasteiger partial charge is 0.380 e. The van der Waals surface area contributed by atoms with Gasteiger partial charge in [0.1, 0.15) is 0 Å². The van der Waals surface area contributed by atoms with Crippen molar-refractivity contribution in [1.29, 1.82) is 0 Å². The van der Waals surface area contributed by atoms with Gasteiger partial charge in [0, 0.05) is 37.8 Å². The van der Waals surface area contributed by atoms with E-state index < -0.39 is 0 Å². The second-order valence-electron chi connectivity index (χ2n) is 6.34. The Morgan fingerprint density at radius 3 is 2.71 bits per heavy atom. The van der Waals surface area contributed by atoms with Gasteiger partial charge in [0.05, 0.1) is 6.61 Å². The van der Waals surface area contributed by atoms with Crippen molar-refractivity contribution in [2.24, 2.45) is 5.92 Å². The van der Waals surface area contributed by atoms with Crippen LogP contribution in [0.25, 0.3) is 0 Å². The van der Waals surface area contributed by atoms with E-state index in [0.717, 1.165) is 38.8 Å². The molecule has 0 amide bonds. The number of hydrogen-bond donors (Lipinski definition) is 1. The lowest BCUT2D eigenvalue weighted by Crippen LogP contribution is -2.61. The monoisotopic (exact) mass is 242 g/mol. The summed E-state index contributed by atoms with van der Waals surface area (Å²) < 4.78 is 5.71. The Kier molecular flexibility index (Phi) is 5.90. The minimum atomic E-state index is 0.258. The molecule has 3 heteroatoms. The number of rotatable bonds is 6. The van der Waals surface area contributed by atoms with Crippen molar-refractivity contribution in [2.75, 3.05) is 32.8 Å². The van der Waals surface area contributed by atoms with Crippen LogP contribution in [0.15, 0.2) is 0 Å². The highest BCUT2D eigenvalue weighted by molar-refractivity contribution is 4.91. The molecule has 1 unspecified atom stereocenters. The van der Waals surface area contributed by atoms with Gasteiger partial charge in [0.25, 0.3) is 0 Å². The van der Waals surface area contributed by atoms with E-state index in [4.69, 9.17) is 4.74 Å². The molecule has 0 aromatic carbocycles. The van der Waals surface area contributed by atoms with Crippen LogP contribution in [0.2, 0.25) is 0 Å². The molecule has 102 valence electrons. The van der Waals surface area contributed by atoms with Crippen LogP contribution in [-0.2, 0) is 4.74 Å². The van der Waals surface area contributed by atoms with E-state index in [1.165, 1.54) is 6.42 Å². The number of piperazine rings is 1. The van der Waals surface area contributed by atoms with E-state index in [1.807, 2.05) is 0 Å². The van der Waals surface area contributed by atoms with Crippen LogP contribution in [-0.4, -0.2) is 49.3 Å². The first-order valence-corrected chi connectivity index (χ1v) is 6.98. The molecule has 0 aromatic rings. The Balaban J connectivity index is 2.20. The highest BCUT2D eigenvalue weighted by atomic mass is 16.5. The van der Waals surface area contributed by atoms with E-state index in [2.05, 4.69) is 44.8 Å². The zero-order valence-electron chi connectivity index (χ0n) is 12.3. The van der Waals surface area contributed by atoms with Crippen LogP contribution in [0.5, 0.6) is 0 Å². The van der Waals surface area contributed by atoms with E-state index >= 15 is 0 Å². The summed E-state index contributed by atoms with van der Waals surface area (Å²) >= 11 is 0. The molecule has 1 rings (SSSR count). The molecule has 1 aliphatic heterocycles. The first-order valence-electron chi connectivity index (χ1n) is 6.98. The second-order valence-corrected chi connectivity index (χ2v) is 6.34. The zero-order chi connectivity index (χ0) is 12.9. The van der Waals surface area contributed by atoms with Crippen molar-refractivity contribution < 1.29 is 4.74 Å². The molecule has 1 heterocycles. The maximum absolute atomic E-state index is 5.71. The van der Waals surface area contributed by atoms with Gasteiger partial charge in [-0.25, -0.2) is 0 Å². The fourth-order valence-corrected chi connectivity index (χ4v) is 2.17. The zero-order valence-corrected chi connectivity index (χ0v) is 12.3. The molecule has 0 aromatic heterocycles. The number of nitrogens with zero attached hydrogens (tertiary/aromatic N) is 1. The molecule has 1 N–H and O–H groups in total. The van der Waals surface area contributed by atoms with Crippen molar-refractivity contribution in [3.8, 4) is 0 Å². The summed E-state index contributed by atoms with van der Waals surface area (Å²) in [6.07, 6.45) is 1.17. The summed E-state index contributed by atoms with van der Waals surface area (Å²) in [6.45, 7) is 16.4. The lowest BCUT2D eigenvalue weighted by molar-refractivity contribution is 0.0290. The molecule has 1 saturated heterocycles. The highest BCUT2D eigenvalue weighted by Gasteiger charge is 2.31. The molecule has 3 nitrogen and oxygen atoms in total. The molecule has 1 fully saturated rings. The van der Waals surface area contributed by atoms with Crippen LogP contribution in [0, 0.1) is 5.92 Å². The predicted octanol–water partition coefficient (Wildman–Crippen LogP) is 2.12. The van der Waals surface area contributed by atoms with Crippen molar-refractivity contribution in [1.82, 2.24) is 10.2 Å². The fraction of sp³-hybridized carbons (Fsp3) is 1.00. The molecular formula is C14H30N2O. The highest BCUT2D eigenvalue weighted by Crippen LogP contribution is 2.17. The molecule has 0 aliphatic carbocycles. The topological polar surface area (TPSA) is 24.5 Å². The van der Waals surface area contributed by atoms with E-state index in [-0.39, 0.29) is 5.54 Å². The lowest BCUT2D eigenvalue weighted by atomic mass is 9.98. The van der Waals surface area contributed by atoms with Crippen molar-refractivity contribution in [3.63, 3.8) is 0 Å². The average molecular weight is 242 g/mol. The molecule has 0 radical (unpaired) electrons. The molecular weight excluding hydrogens is 212 g/mol. The fourth-order valence-electron chi connectivity index (χ4n) is 2.17. The van der Waals surface area contributed by atoms with Crippen LogP contribution in [0.3, 0.4) is 0 Å². The summed E-state index contributed by atoms with van der Waals surface area (Å²) in [7, 11) is 0. The van der Waals surface area contributed by atoms with Gasteiger partial charge in [-0.15, -0.1) is 0 Å². The minimum absolute atomic E-state index is 0.258. The summed E-state index contributed by atoms with van der Waals surface area (Å²) in [5.74, 6) is 0.741. The Hall–Kier alpha value is -0.120. The van der Waals surface area contributed by atoms with Crippen molar-refractivity contribution in [2.45, 2.75) is 52.6 Å². The lowest BCUT2D eigenvalue weighted by Gasteiger charge is -2.45. The van der Waals surface area contributed by atoms with Crippen LogP contribution in [0.4, 0.5) is 0 Å². The van der Waals surface area contributed by atoms with Gasteiger partial charge < -0.3 is 10.1 Å². The Morgan fingerprint density at radius 1 is 1.35 bits per heavy atom. The van der Waals surface area contributed by atoms with E-state index in [9.17, 15) is 0 Å². The third-order valence-electron chi connectivity index (χ3n) is 3.58. The van der Waals surface area contributed by atoms with Crippen LogP contribution < -0.4 is 5.32 Å². The standard InChI is InChI=1S/C14H30N2O/c1-12(2)6-8-17-9-7-16-10-13(3)15-11-14(16,4)5/h12-13,15H,6-11H2,1-5H3. The molecule has 17 heavy (non-hydrogen) atoms. The molecule has 1 atom stereocenters. The Morgan fingerprint density at radius 2 is 2.06 bits per heavy atom. The predicted molar refractivity (Wildman–Crippen MR) is 73.4 cm³/mol. The smallest absolute Gasteiger partial charge is 0.0593 e. The average Bonchev–Trinajstić information content (AvgIpc) is 2.22. The van der Waals surface area contributed by atoms with Gasteiger partial charge >= 0.3 is 0 Å². The van der Waals surface area contributed by atoms with Crippen LogP contribution >= 0.6 is 0 Å². The first kappa shape index (κ1) is 14.9. The van der Waals surface area contributed by atoms with Gasteiger partial charge in [-0.1, -0.05) is 13.8 Å². The Bertz CT molecular complexity index is 216. The van der Waals surface area contributed by atoms with Crippen molar-refractivity contribution >= 4 is 0 Å². The van der Waals surface area contributed by atoms with Gasteiger partial charge in [0.2, 0.25) is 0 Å². The van der Waals surface area contributed by atoms with Gasteiger partial charge in [-0.2, -0.15) is 0 Å². The normalized spacial score (nSPS) is 25.4. The molecule has 0 saturated carbocycles. The Labute approximate surface area is 107 Å². The third kappa shape index (κ3) is 5.36. The van der Waals surface area contributed by atoms with Gasteiger partial charge in [0.15, 0.2) is 0 Å². The maximum atomic E-state index is 5.71. The molecule has 0 spiro atoms. The van der Waals surface area contributed by atoms with Crippen LogP contribution in [0.1, 0.15) is 41.0 Å². The summed E-state index contributed by atoms with van der Waals surface area (Å²) in [5, 5.41) is 3.54. The quantitative estimate of drug-likeness (QED) is 0.722. The maximum Gasteiger partial charge on any atom is 0.0593 e. The van der Waals surface area contributed by atoms with Gasteiger partial charge in [-0.3, -0.25) is 4.90 Å². The summed E-state index contributed by atoms with van der Waals surface area (Å²) in [4.78, 5) is 2.55. The third-order valence-corrected chi connectivity index (χ3v) is 3.58. The van der Waals surface area contributed by atoms with Crippen molar-refractivity contribution in [3.05, 3.63) is 0 Å². The second kappa shape index (κ2) is 6.72.